The zero-order chi connectivity index (χ0) is 52.4. The van der Waals surface area contributed by atoms with E-state index in [0.29, 0.717) is 17.3 Å². The molecule has 0 unspecified atom stereocenters. The highest BCUT2D eigenvalue weighted by molar-refractivity contribution is 7.99. The standard InChI is InChI=1S/C57H105N3O9S3/c1-4-7-10-13-16-19-22-25-28-31-34-46-70-49-37-52(61)67-43-40-58-55(64)59(41-44-68-53(62)38-50-71-47-35-32-29-26-23-20-17-14-11-8-5-2)57(66)60(56(58)65)42-45-69-54(63)39-51-72-48-36-33-30-27-24-21-18-15-12-9-6-3/h4-51H2,1-3H3. The molecular formula is C57H105N3O9S3. The van der Waals surface area contributed by atoms with E-state index in [1.54, 1.807) is 35.3 Å². The maximum Gasteiger partial charge on any atom is 0.336 e. The maximum absolute atomic E-state index is 13.6. The number of carbonyl (C=O) groups is 3. The molecule has 0 aliphatic carbocycles. The SMILES string of the molecule is CCCCCCCCCCCCCSCCC(=O)OCCn1c(=O)n(CCOC(=O)CCSCCCCCCCCCCCCC)c(=O)n(CCOC(=O)CCSCCCCCCCCCCCCC)c1=O. The Hall–Kier alpha value is -2.13. The third kappa shape index (κ3) is 39.3. The first-order valence-electron chi connectivity index (χ1n) is 29.4. The van der Waals surface area contributed by atoms with Crippen LogP contribution in [0.2, 0.25) is 0 Å². The molecule has 0 bridgehead atoms. The molecular weight excluding hydrogens is 967 g/mol. The van der Waals surface area contributed by atoms with E-state index in [0.717, 1.165) is 50.2 Å². The van der Waals surface area contributed by atoms with Gasteiger partial charge < -0.3 is 14.2 Å². The van der Waals surface area contributed by atoms with E-state index in [2.05, 4.69) is 20.8 Å². The molecule has 0 fully saturated rings. The third-order valence-electron chi connectivity index (χ3n) is 13.1. The molecule has 0 saturated heterocycles. The second-order valence-corrected chi connectivity index (χ2v) is 23.3. The second kappa shape index (κ2) is 51.0. The molecule has 0 spiro atoms. The van der Waals surface area contributed by atoms with Gasteiger partial charge in [-0.15, -0.1) is 0 Å². The Morgan fingerprint density at radius 1 is 0.306 bits per heavy atom. The molecule has 420 valence electrons. The first-order chi connectivity index (χ1) is 35.3. The summed E-state index contributed by atoms with van der Waals surface area (Å²) in [5.41, 5.74) is -2.65. The smallest absolute Gasteiger partial charge is 0.336 e. The molecule has 0 atom stereocenters. The molecule has 1 heterocycles. The largest absolute Gasteiger partial charge is 0.464 e. The van der Waals surface area contributed by atoms with Gasteiger partial charge in [0.25, 0.3) is 0 Å². The molecule has 0 amide bonds. The van der Waals surface area contributed by atoms with Crippen LogP contribution in [-0.4, -0.2) is 85.9 Å². The van der Waals surface area contributed by atoms with Gasteiger partial charge in [-0.3, -0.25) is 14.4 Å². The Labute approximate surface area is 450 Å². The van der Waals surface area contributed by atoms with Crippen molar-refractivity contribution in [3.05, 3.63) is 31.5 Å². The summed E-state index contributed by atoms with van der Waals surface area (Å²) >= 11 is 5.17. The van der Waals surface area contributed by atoms with Crippen molar-refractivity contribution in [2.45, 2.75) is 272 Å². The average Bonchev–Trinajstić information content (AvgIpc) is 3.37. The Kier molecular flexibility index (Phi) is 48.1. The van der Waals surface area contributed by atoms with Crippen molar-refractivity contribution in [2.75, 3.05) is 54.3 Å². The Morgan fingerprint density at radius 3 is 0.708 bits per heavy atom. The summed E-state index contributed by atoms with van der Waals surface area (Å²) in [4.78, 5) is 78.5. The van der Waals surface area contributed by atoms with E-state index in [-0.39, 0.29) is 58.7 Å². The van der Waals surface area contributed by atoms with E-state index in [1.165, 1.54) is 193 Å². The normalized spacial score (nSPS) is 11.4. The second-order valence-electron chi connectivity index (χ2n) is 19.7. The van der Waals surface area contributed by atoms with Crippen molar-refractivity contribution in [1.82, 2.24) is 13.7 Å². The average molecular weight is 1070 g/mol. The lowest BCUT2D eigenvalue weighted by atomic mass is 10.1. The number of esters is 3. The highest BCUT2D eigenvalue weighted by Crippen LogP contribution is 2.16. The number of hydrogen-bond donors (Lipinski definition) is 0. The fourth-order valence-electron chi connectivity index (χ4n) is 8.60. The molecule has 1 aromatic heterocycles. The first-order valence-corrected chi connectivity index (χ1v) is 32.9. The van der Waals surface area contributed by atoms with Crippen molar-refractivity contribution >= 4 is 53.2 Å². The summed E-state index contributed by atoms with van der Waals surface area (Å²) in [6.07, 6.45) is 43.3. The first kappa shape index (κ1) is 67.9. The number of unbranched alkanes of at least 4 members (excludes halogenated alkanes) is 30. The summed E-state index contributed by atoms with van der Waals surface area (Å²) in [7, 11) is 0. The highest BCUT2D eigenvalue weighted by Gasteiger charge is 2.18. The molecule has 0 radical (unpaired) electrons. The van der Waals surface area contributed by atoms with Gasteiger partial charge in [0.1, 0.15) is 19.8 Å². The molecule has 0 saturated carbocycles. The van der Waals surface area contributed by atoms with Gasteiger partial charge in [-0.25, -0.2) is 28.1 Å². The summed E-state index contributed by atoms with van der Waals surface area (Å²) in [5.74, 6) is 3.58. The van der Waals surface area contributed by atoms with Crippen molar-refractivity contribution < 1.29 is 28.6 Å². The number of nitrogens with zero attached hydrogens (tertiary/aromatic N) is 3. The molecule has 72 heavy (non-hydrogen) atoms. The van der Waals surface area contributed by atoms with Gasteiger partial charge in [-0.1, -0.05) is 213 Å². The maximum atomic E-state index is 13.6. The predicted molar refractivity (Wildman–Crippen MR) is 307 cm³/mol. The summed E-state index contributed by atoms with van der Waals surface area (Å²) < 4.78 is 18.8. The van der Waals surface area contributed by atoms with Crippen LogP contribution in [0.25, 0.3) is 0 Å². The molecule has 1 rings (SSSR count). The fraction of sp³-hybridized carbons (Fsp3) is 0.895. The van der Waals surface area contributed by atoms with Gasteiger partial charge in [0.2, 0.25) is 0 Å². The van der Waals surface area contributed by atoms with Gasteiger partial charge in [0.05, 0.1) is 38.9 Å². The van der Waals surface area contributed by atoms with Crippen LogP contribution in [0.4, 0.5) is 0 Å². The molecule has 0 aliphatic rings. The minimum Gasteiger partial charge on any atom is -0.464 e. The summed E-state index contributed by atoms with van der Waals surface area (Å²) in [6.45, 7) is 5.27. The lowest BCUT2D eigenvalue weighted by molar-refractivity contribution is -0.144. The molecule has 0 aliphatic heterocycles. The highest BCUT2D eigenvalue weighted by atomic mass is 32.2. The number of carbonyl (C=O) groups excluding carboxylic acids is 3. The molecule has 15 heteroatoms. The van der Waals surface area contributed by atoms with Crippen LogP contribution in [-0.2, 0) is 48.2 Å². The zero-order valence-electron chi connectivity index (χ0n) is 46.2. The van der Waals surface area contributed by atoms with Crippen molar-refractivity contribution in [2.24, 2.45) is 0 Å². The lowest BCUT2D eigenvalue weighted by Gasteiger charge is -2.14. The number of thioether (sulfide) groups is 3. The topological polar surface area (TPSA) is 145 Å². The quantitative estimate of drug-likeness (QED) is 0.0348. The number of aromatic nitrogens is 3. The summed E-state index contributed by atoms with van der Waals surface area (Å²) in [6, 6.07) is 0. The number of ether oxygens (including phenoxy) is 3. The van der Waals surface area contributed by atoms with Crippen LogP contribution in [0.3, 0.4) is 0 Å². The van der Waals surface area contributed by atoms with Gasteiger partial charge in [0.15, 0.2) is 0 Å². The van der Waals surface area contributed by atoms with Crippen LogP contribution in [0.5, 0.6) is 0 Å². The van der Waals surface area contributed by atoms with Crippen LogP contribution in [0, 0.1) is 0 Å². The van der Waals surface area contributed by atoms with Crippen molar-refractivity contribution in [1.29, 1.82) is 0 Å². The molecule has 1 aromatic rings. The molecule has 0 aromatic carbocycles. The monoisotopic (exact) mass is 1070 g/mol. The minimum atomic E-state index is -0.884. The number of rotatable bonds is 54. The summed E-state index contributed by atoms with van der Waals surface area (Å²) in [5, 5.41) is 0. The van der Waals surface area contributed by atoms with Gasteiger partial charge >= 0.3 is 35.0 Å². The van der Waals surface area contributed by atoms with Crippen molar-refractivity contribution in [3.8, 4) is 0 Å². The fourth-order valence-corrected chi connectivity index (χ4v) is 11.4. The van der Waals surface area contributed by atoms with Crippen LogP contribution >= 0.6 is 35.3 Å². The number of hydrogen-bond acceptors (Lipinski definition) is 12. The molecule has 0 N–H and O–H groups in total. The van der Waals surface area contributed by atoms with E-state index >= 15 is 0 Å². The van der Waals surface area contributed by atoms with E-state index in [1.807, 2.05) is 0 Å². The Bertz CT molecular complexity index is 1420. The van der Waals surface area contributed by atoms with E-state index in [9.17, 15) is 28.8 Å². The van der Waals surface area contributed by atoms with Gasteiger partial charge in [-0.2, -0.15) is 35.3 Å². The zero-order valence-corrected chi connectivity index (χ0v) is 48.6. The van der Waals surface area contributed by atoms with Gasteiger partial charge in [0, 0.05) is 17.3 Å². The lowest BCUT2D eigenvalue weighted by Crippen LogP contribution is -2.55. The van der Waals surface area contributed by atoms with Gasteiger partial charge in [-0.05, 0) is 36.5 Å². The third-order valence-corrected chi connectivity index (χ3v) is 16.4. The van der Waals surface area contributed by atoms with Crippen LogP contribution < -0.4 is 17.1 Å². The van der Waals surface area contributed by atoms with Crippen molar-refractivity contribution in [3.63, 3.8) is 0 Å². The van der Waals surface area contributed by atoms with E-state index in [4.69, 9.17) is 14.2 Å². The molecule has 12 nitrogen and oxygen atoms in total. The van der Waals surface area contributed by atoms with Crippen LogP contribution in [0.1, 0.15) is 252 Å². The van der Waals surface area contributed by atoms with E-state index < -0.39 is 35.0 Å². The Balaban J connectivity index is 2.59. The predicted octanol–water partition coefficient (Wildman–Crippen LogP) is 14.1. The Morgan fingerprint density at radius 2 is 0.500 bits per heavy atom. The minimum absolute atomic E-state index is 0.216. The van der Waals surface area contributed by atoms with Crippen LogP contribution in [0.15, 0.2) is 14.4 Å².